The fraction of sp³-hybridized carbons (Fsp3) is 0.650. The Labute approximate surface area is 151 Å². The molecule has 2 fully saturated rings. The molecule has 138 valence electrons. The topological polar surface area (TPSA) is 55.8 Å². The van der Waals surface area contributed by atoms with Crippen LogP contribution in [0.2, 0.25) is 0 Å². The monoisotopic (exact) mass is 345 g/mol. The number of carbonyl (C=O) groups is 1. The van der Waals surface area contributed by atoms with Gasteiger partial charge in [-0.05, 0) is 49.9 Å². The van der Waals surface area contributed by atoms with Crippen LogP contribution in [0.5, 0.6) is 0 Å². The van der Waals surface area contributed by atoms with Crippen molar-refractivity contribution in [2.24, 2.45) is 0 Å². The quantitative estimate of drug-likeness (QED) is 0.798. The summed E-state index contributed by atoms with van der Waals surface area (Å²) >= 11 is 0. The van der Waals surface area contributed by atoms with Crippen molar-refractivity contribution in [3.63, 3.8) is 0 Å². The van der Waals surface area contributed by atoms with Crippen LogP contribution in [0.4, 0.5) is 11.4 Å². The normalized spacial score (nSPS) is 18.7. The molecule has 0 radical (unpaired) electrons. The van der Waals surface area contributed by atoms with E-state index in [4.69, 9.17) is 0 Å². The Hall–Kier alpha value is -1.59. The highest BCUT2D eigenvalue weighted by atomic mass is 16.3. The molecule has 0 atom stereocenters. The Morgan fingerprint density at radius 1 is 1.08 bits per heavy atom. The van der Waals surface area contributed by atoms with Crippen LogP contribution < -0.4 is 10.2 Å². The number of carbonyl (C=O) groups excluding carboxylic acids is 1. The molecule has 1 heterocycles. The van der Waals surface area contributed by atoms with Crippen molar-refractivity contribution in [2.75, 3.05) is 43.0 Å². The summed E-state index contributed by atoms with van der Waals surface area (Å²) in [6, 6.07) is 8.59. The zero-order valence-electron chi connectivity index (χ0n) is 15.1. The van der Waals surface area contributed by atoms with Crippen molar-refractivity contribution < 1.29 is 9.90 Å². The molecule has 5 nitrogen and oxygen atoms in total. The smallest absolute Gasteiger partial charge is 0.238 e. The van der Waals surface area contributed by atoms with Crippen molar-refractivity contribution in [3.05, 3.63) is 24.3 Å². The van der Waals surface area contributed by atoms with Gasteiger partial charge in [-0.2, -0.15) is 0 Å². The van der Waals surface area contributed by atoms with Crippen molar-refractivity contribution in [1.29, 1.82) is 0 Å². The van der Waals surface area contributed by atoms with Gasteiger partial charge in [-0.3, -0.25) is 9.69 Å². The van der Waals surface area contributed by atoms with E-state index in [0.29, 0.717) is 19.1 Å². The molecular formula is C20H31N3O2. The van der Waals surface area contributed by atoms with Crippen LogP contribution in [0.25, 0.3) is 0 Å². The fourth-order valence-electron chi connectivity index (χ4n) is 4.08. The Morgan fingerprint density at radius 2 is 1.76 bits per heavy atom. The molecule has 1 aliphatic heterocycles. The van der Waals surface area contributed by atoms with Crippen LogP contribution in [0.3, 0.4) is 0 Å². The summed E-state index contributed by atoms with van der Waals surface area (Å²) in [5, 5.41) is 12.3. The summed E-state index contributed by atoms with van der Waals surface area (Å²) < 4.78 is 0. The minimum absolute atomic E-state index is 0.00736. The third kappa shape index (κ3) is 5.19. The first-order chi connectivity index (χ1) is 12.3. The summed E-state index contributed by atoms with van der Waals surface area (Å²) in [5.74, 6) is 0.00736. The summed E-state index contributed by atoms with van der Waals surface area (Å²) in [6.45, 7) is 3.30. The molecule has 3 rings (SSSR count). The number of aliphatic hydroxyl groups is 1. The molecule has 1 amide bonds. The zero-order chi connectivity index (χ0) is 17.5. The van der Waals surface area contributed by atoms with Gasteiger partial charge in [0.25, 0.3) is 0 Å². The van der Waals surface area contributed by atoms with Crippen LogP contribution in [0.15, 0.2) is 24.3 Å². The molecule has 1 aliphatic carbocycles. The van der Waals surface area contributed by atoms with E-state index in [1.54, 1.807) is 0 Å². The number of anilines is 2. The lowest BCUT2D eigenvalue weighted by Gasteiger charge is -2.33. The standard InChI is InChI=1S/C20H31N3O2/c24-15-14-23(18-6-2-1-3-7-18)16-20(25)21-17-8-10-19(11-9-17)22-12-4-5-13-22/h8-11,18,24H,1-7,12-16H2,(H,21,25). The SMILES string of the molecule is O=C(CN(CCO)C1CCCCC1)Nc1ccc(N2CCCC2)cc1. The third-order valence-corrected chi connectivity index (χ3v) is 5.45. The lowest BCUT2D eigenvalue weighted by molar-refractivity contribution is -0.118. The van der Waals surface area contributed by atoms with Crippen LogP contribution in [0, 0.1) is 0 Å². The van der Waals surface area contributed by atoms with E-state index in [1.165, 1.54) is 37.8 Å². The molecule has 5 heteroatoms. The van der Waals surface area contributed by atoms with Crippen molar-refractivity contribution >= 4 is 17.3 Å². The van der Waals surface area contributed by atoms with Gasteiger partial charge in [-0.15, -0.1) is 0 Å². The van der Waals surface area contributed by atoms with E-state index in [-0.39, 0.29) is 12.5 Å². The highest BCUT2D eigenvalue weighted by Gasteiger charge is 2.22. The minimum atomic E-state index is 0.00736. The van der Waals surface area contributed by atoms with E-state index >= 15 is 0 Å². The van der Waals surface area contributed by atoms with E-state index in [0.717, 1.165) is 31.6 Å². The van der Waals surface area contributed by atoms with Crippen LogP contribution in [0.1, 0.15) is 44.9 Å². The van der Waals surface area contributed by atoms with Crippen LogP contribution >= 0.6 is 0 Å². The second-order valence-corrected chi connectivity index (χ2v) is 7.28. The molecule has 1 aromatic carbocycles. The van der Waals surface area contributed by atoms with Gasteiger partial charge in [0, 0.05) is 37.1 Å². The Morgan fingerprint density at radius 3 is 2.40 bits per heavy atom. The predicted molar refractivity (Wildman–Crippen MR) is 102 cm³/mol. The van der Waals surface area contributed by atoms with E-state index in [9.17, 15) is 9.90 Å². The lowest BCUT2D eigenvalue weighted by atomic mass is 9.94. The lowest BCUT2D eigenvalue weighted by Crippen LogP contribution is -2.43. The number of aliphatic hydroxyl groups excluding tert-OH is 1. The van der Waals surface area contributed by atoms with Crippen LogP contribution in [-0.2, 0) is 4.79 Å². The van der Waals surface area contributed by atoms with Crippen molar-refractivity contribution in [1.82, 2.24) is 4.90 Å². The summed E-state index contributed by atoms with van der Waals surface area (Å²) in [5.41, 5.74) is 2.08. The highest BCUT2D eigenvalue weighted by molar-refractivity contribution is 5.92. The number of amides is 1. The Bertz CT molecular complexity index is 534. The molecular weight excluding hydrogens is 314 g/mol. The molecule has 0 spiro atoms. The number of benzene rings is 1. The maximum Gasteiger partial charge on any atom is 0.238 e. The van der Waals surface area contributed by atoms with Gasteiger partial charge in [-0.1, -0.05) is 19.3 Å². The maximum absolute atomic E-state index is 12.4. The largest absolute Gasteiger partial charge is 0.395 e. The Balaban J connectivity index is 1.53. The zero-order valence-corrected chi connectivity index (χ0v) is 15.1. The van der Waals surface area contributed by atoms with Gasteiger partial charge in [0.15, 0.2) is 0 Å². The first-order valence-corrected chi connectivity index (χ1v) is 9.76. The van der Waals surface area contributed by atoms with Gasteiger partial charge >= 0.3 is 0 Å². The number of hydrogen-bond donors (Lipinski definition) is 2. The first-order valence-electron chi connectivity index (χ1n) is 9.76. The molecule has 0 unspecified atom stereocenters. The highest BCUT2D eigenvalue weighted by Crippen LogP contribution is 2.23. The number of rotatable bonds is 7. The van der Waals surface area contributed by atoms with E-state index in [2.05, 4.69) is 27.2 Å². The van der Waals surface area contributed by atoms with Crippen molar-refractivity contribution in [3.8, 4) is 0 Å². The first kappa shape index (κ1) is 18.2. The second kappa shape index (κ2) is 9.20. The number of nitrogens with zero attached hydrogens (tertiary/aromatic N) is 2. The maximum atomic E-state index is 12.4. The third-order valence-electron chi connectivity index (χ3n) is 5.45. The number of nitrogens with one attached hydrogen (secondary N) is 1. The van der Waals surface area contributed by atoms with E-state index < -0.39 is 0 Å². The van der Waals surface area contributed by atoms with Gasteiger partial charge in [-0.25, -0.2) is 0 Å². The number of hydrogen-bond acceptors (Lipinski definition) is 4. The molecule has 0 aromatic heterocycles. The van der Waals surface area contributed by atoms with Gasteiger partial charge in [0.1, 0.15) is 0 Å². The average Bonchev–Trinajstić information content (AvgIpc) is 3.17. The van der Waals surface area contributed by atoms with Gasteiger partial charge in [0.2, 0.25) is 5.91 Å². The molecule has 2 N–H and O–H groups in total. The molecule has 1 aromatic rings. The summed E-state index contributed by atoms with van der Waals surface area (Å²) in [6.07, 6.45) is 8.55. The molecule has 1 saturated heterocycles. The molecule has 0 bridgehead atoms. The molecule has 1 saturated carbocycles. The average molecular weight is 345 g/mol. The van der Waals surface area contributed by atoms with Gasteiger partial charge < -0.3 is 15.3 Å². The van der Waals surface area contributed by atoms with Crippen molar-refractivity contribution in [2.45, 2.75) is 51.0 Å². The predicted octanol–water partition coefficient (Wildman–Crippen LogP) is 2.85. The molecule has 2 aliphatic rings. The Kier molecular flexibility index (Phi) is 6.70. The summed E-state index contributed by atoms with van der Waals surface area (Å²) in [4.78, 5) is 17.0. The van der Waals surface area contributed by atoms with Gasteiger partial charge in [0.05, 0.1) is 13.2 Å². The summed E-state index contributed by atoms with van der Waals surface area (Å²) in [7, 11) is 0. The minimum Gasteiger partial charge on any atom is -0.395 e. The van der Waals surface area contributed by atoms with Crippen LogP contribution in [-0.4, -0.2) is 54.7 Å². The molecule has 25 heavy (non-hydrogen) atoms. The fourth-order valence-corrected chi connectivity index (χ4v) is 4.08. The van der Waals surface area contributed by atoms with E-state index in [1.807, 2.05) is 12.1 Å². The second-order valence-electron chi connectivity index (χ2n) is 7.28.